The third-order valence-corrected chi connectivity index (χ3v) is 4.20. The number of rotatable bonds is 7. The third-order valence-electron chi connectivity index (χ3n) is 4.20. The Morgan fingerprint density at radius 1 is 0.897 bits per heavy atom. The molecule has 6 heteroatoms. The minimum absolute atomic E-state index is 0.373. The molecule has 0 bridgehead atoms. The van der Waals surface area contributed by atoms with Gasteiger partial charge >= 0.3 is 5.97 Å². The van der Waals surface area contributed by atoms with E-state index in [0.29, 0.717) is 17.2 Å². The zero-order chi connectivity index (χ0) is 20.6. The first-order chi connectivity index (χ1) is 14.1. The molecular formula is C23H21NO5. The molecule has 0 heterocycles. The predicted molar refractivity (Wildman–Crippen MR) is 112 cm³/mol. The number of amides is 1. The maximum absolute atomic E-state index is 12.0. The van der Waals surface area contributed by atoms with Gasteiger partial charge < -0.3 is 19.5 Å². The molecule has 0 spiro atoms. The van der Waals surface area contributed by atoms with Crippen molar-refractivity contribution in [1.82, 2.24) is 0 Å². The largest absolute Gasteiger partial charge is 0.493 e. The number of ether oxygens (including phenoxy) is 3. The fraction of sp³-hybridized carbons (Fsp3) is 0.130. The molecule has 1 amide bonds. The molecule has 0 radical (unpaired) electrons. The summed E-state index contributed by atoms with van der Waals surface area (Å²) >= 11 is 0. The van der Waals surface area contributed by atoms with Gasteiger partial charge in [0, 0.05) is 11.8 Å². The summed E-state index contributed by atoms with van der Waals surface area (Å²) in [6, 6.07) is 18.7. The van der Waals surface area contributed by atoms with Gasteiger partial charge in [0.25, 0.3) is 5.91 Å². The summed E-state index contributed by atoms with van der Waals surface area (Å²) in [7, 11) is 3.08. The number of hydrogen-bond donors (Lipinski definition) is 1. The van der Waals surface area contributed by atoms with Crippen LogP contribution in [0.4, 0.5) is 5.69 Å². The van der Waals surface area contributed by atoms with Crippen molar-refractivity contribution in [3.05, 3.63) is 72.3 Å². The second-order valence-electron chi connectivity index (χ2n) is 6.17. The SMILES string of the molecule is COc1ccc(/C=C/C(=O)OCC(=O)Nc2ccc3ccccc3c2)cc1OC. The molecule has 0 aliphatic carbocycles. The van der Waals surface area contributed by atoms with E-state index in [-0.39, 0.29) is 6.61 Å². The highest BCUT2D eigenvalue weighted by molar-refractivity contribution is 5.96. The second-order valence-corrected chi connectivity index (χ2v) is 6.17. The summed E-state index contributed by atoms with van der Waals surface area (Å²) in [4.78, 5) is 23.9. The Morgan fingerprint density at radius 2 is 1.66 bits per heavy atom. The Kier molecular flexibility index (Phi) is 6.47. The number of anilines is 1. The summed E-state index contributed by atoms with van der Waals surface area (Å²) in [6.45, 7) is -0.373. The van der Waals surface area contributed by atoms with Crippen LogP contribution >= 0.6 is 0 Å². The molecule has 3 aromatic carbocycles. The van der Waals surface area contributed by atoms with Crippen LogP contribution in [0.2, 0.25) is 0 Å². The van der Waals surface area contributed by atoms with E-state index in [2.05, 4.69) is 5.32 Å². The van der Waals surface area contributed by atoms with E-state index in [9.17, 15) is 9.59 Å². The zero-order valence-electron chi connectivity index (χ0n) is 16.2. The van der Waals surface area contributed by atoms with Crippen LogP contribution < -0.4 is 14.8 Å². The Bertz CT molecular complexity index is 1060. The first-order valence-electron chi connectivity index (χ1n) is 8.94. The fourth-order valence-electron chi connectivity index (χ4n) is 2.77. The number of esters is 1. The predicted octanol–water partition coefficient (Wildman–Crippen LogP) is 4.05. The van der Waals surface area contributed by atoms with Crippen LogP contribution in [0.1, 0.15) is 5.56 Å². The summed E-state index contributed by atoms with van der Waals surface area (Å²) in [5.41, 5.74) is 1.38. The summed E-state index contributed by atoms with van der Waals surface area (Å²) in [5, 5.41) is 4.82. The molecule has 0 unspecified atom stereocenters. The van der Waals surface area contributed by atoms with Crippen LogP contribution in [-0.2, 0) is 14.3 Å². The van der Waals surface area contributed by atoms with Crippen molar-refractivity contribution >= 4 is 34.4 Å². The minimum atomic E-state index is -0.617. The van der Waals surface area contributed by atoms with Crippen LogP contribution in [0.5, 0.6) is 11.5 Å². The molecule has 6 nitrogen and oxygen atoms in total. The lowest BCUT2D eigenvalue weighted by Crippen LogP contribution is -2.20. The van der Waals surface area contributed by atoms with Crippen molar-refractivity contribution in [2.75, 3.05) is 26.1 Å². The van der Waals surface area contributed by atoms with Gasteiger partial charge in [-0.3, -0.25) is 4.79 Å². The first-order valence-corrected chi connectivity index (χ1v) is 8.94. The molecule has 0 aliphatic heterocycles. The Hall–Kier alpha value is -3.80. The van der Waals surface area contributed by atoms with E-state index in [1.54, 1.807) is 37.5 Å². The zero-order valence-corrected chi connectivity index (χ0v) is 16.2. The van der Waals surface area contributed by atoms with Gasteiger partial charge in [-0.2, -0.15) is 0 Å². The molecule has 0 saturated carbocycles. The molecule has 0 aromatic heterocycles. The monoisotopic (exact) mass is 391 g/mol. The number of benzene rings is 3. The van der Waals surface area contributed by atoms with Crippen molar-refractivity contribution in [2.24, 2.45) is 0 Å². The molecule has 3 rings (SSSR count). The Balaban J connectivity index is 1.53. The summed E-state index contributed by atoms with van der Waals surface area (Å²) in [5.74, 6) is 0.122. The van der Waals surface area contributed by atoms with Crippen molar-refractivity contribution in [1.29, 1.82) is 0 Å². The van der Waals surface area contributed by atoms with E-state index in [1.165, 1.54) is 13.2 Å². The first kappa shape index (κ1) is 19.9. The Labute approximate surface area is 168 Å². The Morgan fingerprint density at radius 3 is 2.41 bits per heavy atom. The fourth-order valence-corrected chi connectivity index (χ4v) is 2.77. The topological polar surface area (TPSA) is 73.9 Å². The molecule has 0 aliphatic rings. The van der Waals surface area contributed by atoms with Crippen LogP contribution in [-0.4, -0.2) is 32.7 Å². The summed E-state index contributed by atoms with van der Waals surface area (Å²) < 4.78 is 15.4. The molecule has 0 fully saturated rings. The van der Waals surface area contributed by atoms with Gasteiger partial charge in [0.2, 0.25) is 0 Å². The highest BCUT2D eigenvalue weighted by Crippen LogP contribution is 2.28. The van der Waals surface area contributed by atoms with E-state index in [1.807, 2.05) is 36.4 Å². The number of nitrogens with one attached hydrogen (secondary N) is 1. The van der Waals surface area contributed by atoms with Crippen molar-refractivity contribution in [2.45, 2.75) is 0 Å². The van der Waals surface area contributed by atoms with Crippen LogP contribution in [0.25, 0.3) is 16.8 Å². The van der Waals surface area contributed by atoms with Gasteiger partial charge in [0.15, 0.2) is 18.1 Å². The second kappa shape index (κ2) is 9.41. The van der Waals surface area contributed by atoms with Gasteiger partial charge in [-0.25, -0.2) is 4.79 Å². The number of fused-ring (bicyclic) bond motifs is 1. The molecule has 3 aromatic rings. The van der Waals surface area contributed by atoms with Crippen molar-refractivity contribution in [3.8, 4) is 11.5 Å². The molecule has 1 N–H and O–H groups in total. The lowest BCUT2D eigenvalue weighted by atomic mass is 10.1. The maximum Gasteiger partial charge on any atom is 0.331 e. The van der Waals surface area contributed by atoms with Crippen LogP contribution in [0.15, 0.2) is 66.7 Å². The number of carbonyl (C=O) groups is 2. The highest BCUT2D eigenvalue weighted by Gasteiger charge is 2.07. The standard InChI is InChI=1S/C23H21NO5/c1-27-20-11-7-16(13-21(20)28-2)8-12-23(26)29-15-22(25)24-19-10-9-17-5-3-4-6-18(17)14-19/h3-14H,15H2,1-2H3,(H,24,25)/b12-8+. The normalized spacial score (nSPS) is 10.7. The molecule has 0 atom stereocenters. The summed E-state index contributed by atoms with van der Waals surface area (Å²) in [6.07, 6.45) is 2.83. The third kappa shape index (κ3) is 5.35. The van der Waals surface area contributed by atoms with Crippen molar-refractivity contribution in [3.63, 3.8) is 0 Å². The van der Waals surface area contributed by atoms with Gasteiger partial charge in [-0.05, 0) is 46.7 Å². The van der Waals surface area contributed by atoms with Gasteiger partial charge in [-0.1, -0.05) is 36.4 Å². The van der Waals surface area contributed by atoms with Gasteiger partial charge in [0.1, 0.15) is 0 Å². The highest BCUT2D eigenvalue weighted by atomic mass is 16.5. The number of methoxy groups -OCH3 is 2. The van der Waals surface area contributed by atoms with E-state index in [0.717, 1.165) is 16.3 Å². The molecule has 0 saturated heterocycles. The van der Waals surface area contributed by atoms with Crippen LogP contribution in [0, 0.1) is 0 Å². The number of hydrogen-bond acceptors (Lipinski definition) is 5. The van der Waals surface area contributed by atoms with Gasteiger partial charge in [-0.15, -0.1) is 0 Å². The minimum Gasteiger partial charge on any atom is -0.493 e. The smallest absolute Gasteiger partial charge is 0.331 e. The average molecular weight is 391 g/mol. The average Bonchev–Trinajstić information content (AvgIpc) is 2.75. The van der Waals surface area contributed by atoms with Crippen LogP contribution in [0.3, 0.4) is 0 Å². The molecule has 148 valence electrons. The van der Waals surface area contributed by atoms with Gasteiger partial charge in [0.05, 0.1) is 14.2 Å². The molecule has 29 heavy (non-hydrogen) atoms. The maximum atomic E-state index is 12.0. The van der Waals surface area contributed by atoms with E-state index < -0.39 is 11.9 Å². The molecular weight excluding hydrogens is 370 g/mol. The van der Waals surface area contributed by atoms with E-state index >= 15 is 0 Å². The lowest BCUT2D eigenvalue weighted by molar-refractivity contribution is -0.142. The van der Waals surface area contributed by atoms with Crippen molar-refractivity contribution < 1.29 is 23.8 Å². The number of carbonyl (C=O) groups excluding carboxylic acids is 2. The van der Waals surface area contributed by atoms with E-state index in [4.69, 9.17) is 14.2 Å². The lowest BCUT2D eigenvalue weighted by Gasteiger charge is -2.08. The quantitative estimate of drug-likeness (QED) is 0.486.